The summed E-state index contributed by atoms with van der Waals surface area (Å²) < 4.78 is 5.73. The van der Waals surface area contributed by atoms with E-state index in [1.54, 1.807) is 23.1 Å². The van der Waals surface area contributed by atoms with Gasteiger partial charge in [-0.3, -0.25) is 4.79 Å². The van der Waals surface area contributed by atoms with E-state index >= 15 is 0 Å². The van der Waals surface area contributed by atoms with Gasteiger partial charge in [0.1, 0.15) is 5.01 Å². The summed E-state index contributed by atoms with van der Waals surface area (Å²) in [6.07, 6.45) is 9.14. The van der Waals surface area contributed by atoms with Gasteiger partial charge in [0.15, 0.2) is 0 Å². The fraction of sp³-hybridized carbons (Fsp3) is 0.750. The number of carbonyl (C=O) groups is 1. The molecule has 1 amide bonds. The van der Waals surface area contributed by atoms with Gasteiger partial charge in [0.25, 0.3) is 0 Å². The van der Waals surface area contributed by atoms with Gasteiger partial charge in [-0.2, -0.15) is 0 Å². The van der Waals surface area contributed by atoms with Crippen molar-refractivity contribution in [2.24, 2.45) is 0 Å². The molecule has 0 aliphatic carbocycles. The Morgan fingerprint density at radius 2 is 2.27 bits per heavy atom. The predicted molar refractivity (Wildman–Crippen MR) is 91.3 cm³/mol. The molecule has 2 saturated heterocycles. The maximum Gasteiger partial charge on any atom is 0.233 e. The third kappa shape index (κ3) is 4.24. The minimum atomic E-state index is 0.202. The molecule has 1 aromatic heterocycles. The second-order valence-corrected chi connectivity index (χ2v) is 7.93. The summed E-state index contributed by atoms with van der Waals surface area (Å²) in [5.41, 5.74) is 0. The fourth-order valence-corrected chi connectivity index (χ4v) is 4.95. The normalized spacial score (nSPS) is 26.1. The Morgan fingerprint density at radius 3 is 3.05 bits per heavy atom. The summed E-state index contributed by atoms with van der Waals surface area (Å²) in [6.45, 7) is 1.76. The molecule has 1 aromatic rings. The zero-order chi connectivity index (χ0) is 15.2. The number of thiazole rings is 1. The van der Waals surface area contributed by atoms with Crippen LogP contribution in [0.1, 0.15) is 49.6 Å². The lowest BCUT2D eigenvalue weighted by Gasteiger charge is -2.34. The first-order chi connectivity index (χ1) is 10.8. The molecule has 0 radical (unpaired) electrons. The van der Waals surface area contributed by atoms with Crippen molar-refractivity contribution >= 4 is 29.0 Å². The summed E-state index contributed by atoms with van der Waals surface area (Å²) in [5, 5.41) is 3.09. The van der Waals surface area contributed by atoms with Crippen LogP contribution in [0.2, 0.25) is 0 Å². The number of carbonyl (C=O) groups excluding carboxylic acids is 1. The first-order valence-corrected chi connectivity index (χ1v) is 10.3. The number of aromatic nitrogens is 1. The molecule has 3 rings (SSSR count). The lowest BCUT2D eigenvalue weighted by atomic mass is 10.0. The van der Waals surface area contributed by atoms with Crippen LogP contribution in [0.25, 0.3) is 0 Å². The molecule has 3 heterocycles. The third-order valence-corrected chi connectivity index (χ3v) is 6.30. The SMILES string of the molecule is O=C(CSC[C@H]1CCCCO1)N1CCCC[C@H]1c1nccs1. The molecule has 0 unspecified atom stereocenters. The zero-order valence-electron chi connectivity index (χ0n) is 12.9. The summed E-state index contributed by atoms with van der Waals surface area (Å²) in [6, 6.07) is 0.202. The number of likely N-dealkylation sites (tertiary alicyclic amines) is 1. The molecule has 4 nitrogen and oxygen atoms in total. The van der Waals surface area contributed by atoms with Gasteiger partial charge in [-0.15, -0.1) is 23.1 Å². The van der Waals surface area contributed by atoms with Crippen molar-refractivity contribution in [3.63, 3.8) is 0 Å². The van der Waals surface area contributed by atoms with Crippen LogP contribution in [0, 0.1) is 0 Å². The van der Waals surface area contributed by atoms with Crippen molar-refractivity contribution in [3.8, 4) is 0 Å². The smallest absolute Gasteiger partial charge is 0.233 e. The van der Waals surface area contributed by atoms with E-state index in [4.69, 9.17) is 4.74 Å². The van der Waals surface area contributed by atoms with E-state index in [1.165, 1.54) is 19.3 Å². The van der Waals surface area contributed by atoms with Crippen molar-refractivity contribution in [3.05, 3.63) is 16.6 Å². The van der Waals surface area contributed by atoms with Crippen LogP contribution in [0.5, 0.6) is 0 Å². The van der Waals surface area contributed by atoms with E-state index in [1.807, 2.05) is 11.6 Å². The molecule has 2 aliphatic rings. The van der Waals surface area contributed by atoms with Crippen LogP contribution >= 0.6 is 23.1 Å². The monoisotopic (exact) mass is 340 g/mol. The van der Waals surface area contributed by atoms with Crippen molar-refractivity contribution in [2.45, 2.75) is 50.7 Å². The predicted octanol–water partition coefficient (Wildman–Crippen LogP) is 3.50. The molecule has 2 aliphatic heterocycles. The van der Waals surface area contributed by atoms with Gasteiger partial charge in [-0.25, -0.2) is 4.98 Å². The van der Waals surface area contributed by atoms with Crippen molar-refractivity contribution in [2.75, 3.05) is 24.7 Å². The number of ether oxygens (including phenoxy) is 1. The Kier molecular flexibility index (Phi) is 6.15. The summed E-state index contributed by atoms with van der Waals surface area (Å²) in [7, 11) is 0. The van der Waals surface area contributed by atoms with Crippen LogP contribution in [-0.4, -0.2) is 46.6 Å². The highest BCUT2D eigenvalue weighted by Crippen LogP contribution is 2.32. The minimum Gasteiger partial charge on any atom is -0.377 e. The highest BCUT2D eigenvalue weighted by Gasteiger charge is 2.29. The van der Waals surface area contributed by atoms with Crippen LogP contribution in [0.3, 0.4) is 0 Å². The molecule has 0 spiro atoms. The maximum absolute atomic E-state index is 12.6. The molecule has 122 valence electrons. The largest absolute Gasteiger partial charge is 0.377 e. The van der Waals surface area contributed by atoms with Crippen LogP contribution in [-0.2, 0) is 9.53 Å². The van der Waals surface area contributed by atoms with Gasteiger partial charge in [-0.1, -0.05) is 0 Å². The number of hydrogen-bond acceptors (Lipinski definition) is 5. The van der Waals surface area contributed by atoms with E-state index < -0.39 is 0 Å². The molecular weight excluding hydrogens is 316 g/mol. The van der Waals surface area contributed by atoms with Gasteiger partial charge in [0, 0.05) is 30.5 Å². The van der Waals surface area contributed by atoms with E-state index in [9.17, 15) is 4.79 Å². The molecule has 0 aromatic carbocycles. The molecule has 6 heteroatoms. The Hall–Kier alpha value is -0.590. The van der Waals surface area contributed by atoms with Crippen molar-refractivity contribution in [1.29, 1.82) is 0 Å². The summed E-state index contributed by atoms with van der Waals surface area (Å²) >= 11 is 3.39. The van der Waals surface area contributed by atoms with Crippen molar-refractivity contribution < 1.29 is 9.53 Å². The van der Waals surface area contributed by atoms with Gasteiger partial charge < -0.3 is 9.64 Å². The summed E-state index contributed by atoms with van der Waals surface area (Å²) in [5.74, 6) is 1.78. The lowest BCUT2D eigenvalue weighted by Crippen LogP contribution is -2.39. The van der Waals surface area contributed by atoms with Crippen molar-refractivity contribution in [1.82, 2.24) is 9.88 Å². The fourth-order valence-electron chi connectivity index (χ4n) is 3.19. The number of hydrogen-bond donors (Lipinski definition) is 0. The van der Waals surface area contributed by atoms with E-state index in [0.29, 0.717) is 11.9 Å². The first-order valence-electron chi connectivity index (χ1n) is 8.23. The Balaban J connectivity index is 1.49. The average Bonchev–Trinajstić information content (AvgIpc) is 3.10. The Morgan fingerprint density at radius 1 is 1.36 bits per heavy atom. The average molecular weight is 341 g/mol. The van der Waals surface area contributed by atoms with Crippen LogP contribution < -0.4 is 0 Å². The number of amides is 1. The molecule has 2 atom stereocenters. The number of thioether (sulfide) groups is 1. The molecule has 0 saturated carbocycles. The first kappa shape index (κ1) is 16.3. The van der Waals surface area contributed by atoms with Gasteiger partial charge >= 0.3 is 0 Å². The number of rotatable bonds is 5. The zero-order valence-corrected chi connectivity index (χ0v) is 14.5. The standard InChI is InChI=1S/C16H24N2O2S2/c19-15(12-21-11-13-5-2-4-9-20-13)18-8-3-1-6-14(18)16-17-7-10-22-16/h7,10,13-14H,1-6,8-9,11-12H2/t13-,14+/m1/s1. The molecule has 2 fully saturated rings. The third-order valence-electron chi connectivity index (χ3n) is 4.36. The highest BCUT2D eigenvalue weighted by molar-refractivity contribution is 7.99. The molecule has 0 N–H and O–H groups in total. The van der Waals surface area contributed by atoms with Crippen LogP contribution in [0.4, 0.5) is 0 Å². The highest BCUT2D eigenvalue weighted by atomic mass is 32.2. The maximum atomic E-state index is 12.6. The van der Waals surface area contributed by atoms with E-state index in [-0.39, 0.29) is 11.9 Å². The minimum absolute atomic E-state index is 0.202. The number of piperidine rings is 1. The second kappa shape index (κ2) is 8.31. The van der Waals surface area contributed by atoms with Crippen LogP contribution in [0.15, 0.2) is 11.6 Å². The van der Waals surface area contributed by atoms with E-state index in [0.717, 1.165) is 43.2 Å². The number of nitrogens with zero attached hydrogens (tertiary/aromatic N) is 2. The van der Waals surface area contributed by atoms with Gasteiger partial charge in [0.05, 0.1) is 17.9 Å². The molecular formula is C16H24N2O2S2. The summed E-state index contributed by atoms with van der Waals surface area (Å²) in [4.78, 5) is 19.1. The lowest BCUT2D eigenvalue weighted by molar-refractivity contribution is -0.132. The van der Waals surface area contributed by atoms with Gasteiger partial charge in [-0.05, 0) is 38.5 Å². The molecule has 22 heavy (non-hydrogen) atoms. The topological polar surface area (TPSA) is 42.4 Å². The van der Waals surface area contributed by atoms with Gasteiger partial charge in [0.2, 0.25) is 5.91 Å². The molecule has 0 bridgehead atoms. The van der Waals surface area contributed by atoms with E-state index in [2.05, 4.69) is 9.88 Å². The Labute approximate surface area is 140 Å². The Bertz CT molecular complexity index is 461. The quantitative estimate of drug-likeness (QED) is 0.823. The second-order valence-electron chi connectivity index (χ2n) is 5.97.